The number of rotatable bonds is 5. The predicted octanol–water partition coefficient (Wildman–Crippen LogP) is 1.84. The third kappa shape index (κ3) is 2.89. The summed E-state index contributed by atoms with van der Waals surface area (Å²) in [5, 5.41) is 17.3. The summed E-state index contributed by atoms with van der Waals surface area (Å²) in [6.45, 7) is 7.02. The van der Waals surface area contributed by atoms with Crippen molar-refractivity contribution in [2.75, 3.05) is 0 Å². The second-order valence-corrected chi connectivity index (χ2v) is 5.25. The van der Waals surface area contributed by atoms with E-state index in [1.807, 2.05) is 10.7 Å². The van der Waals surface area contributed by atoms with E-state index in [0.29, 0.717) is 12.6 Å². The molecule has 0 spiro atoms. The van der Waals surface area contributed by atoms with Gasteiger partial charge in [-0.1, -0.05) is 19.9 Å². The van der Waals surface area contributed by atoms with E-state index in [0.717, 1.165) is 5.82 Å². The Labute approximate surface area is 105 Å². The van der Waals surface area contributed by atoms with E-state index in [4.69, 9.17) is 0 Å². The monoisotopic (exact) mass is 251 g/mol. The normalized spacial score (nSPS) is 13.2. The van der Waals surface area contributed by atoms with Gasteiger partial charge in [0.2, 0.25) is 0 Å². The van der Waals surface area contributed by atoms with Crippen LogP contribution in [0.5, 0.6) is 0 Å². The average molecular weight is 251 g/mol. The summed E-state index contributed by atoms with van der Waals surface area (Å²) in [5.74, 6) is 0.875. The van der Waals surface area contributed by atoms with Crippen LogP contribution in [0, 0.1) is 0 Å². The van der Waals surface area contributed by atoms with E-state index >= 15 is 0 Å². The Hall–Kier alpha value is -1.27. The number of nitrogens with one attached hydrogen (secondary N) is 1. The van der Waals surface area contributed by atoms with Gasteiger partial charge in [-0.3, -0.25) is 0 Å². The summed E-state index contributed by atoms with van der Waals surface area (Å²) in [5.41, 5.74) is 0. The topological polar surface area (TPSA) is 55.6 Å². The van der Waals surface area contributed by atoms with Gasteiger partial charge in [0, 0.05) is 10.9 Å². The number of thiophene rings is 1. The molecule has 0 amide bonds. The van der Waals surface area contributed by atoms with Crippen LogP contribution in [0.3, 0.4) is 0 Å². The van der Waals surface area contributed by atoms with Crippen molar-refractivity contribution in [3.63, 3.8) is 0 Å². The molecule has 92 valence electrons. The Morgan fingerprint density at radius 2 is 2.24 bits per heavy atom. The summed E-state index contributed by atoms with van der Waals surface area (Å²) in [7, 11) is 0. The molecule has 2 rings (SSSR count). The van der Waals surface area contributed by atoms with Crippen molar-refractivity contribution in [2.45, 2.75) is 39.4 Å². The highest BCUT2D eigenvalue weighted by atomic mass is 32.1. The SMILES string of the molecule is CC(C)NCc1nnnn1C(C)c1cccs1. The van der Waals surface area contributed by atoms with E-state index in [1.54, 1.807) is 11.3 Å². The van der Waals surface area contributed by atoms with Gasteiger partial charge in [-0.15, -0.1) is 16.4 Å². The number of tetrazole rings is 1. The molecule has 17 heavy (non-hydrogen) atoms. The molecule has 6 heteroatoms. The second kappa shape index (κ2) is 5.37. The lowest BCUT2D eigenvalue weighted by molar-refractivity contribution is 0.494. The van der Waals surface area contributed by atoms with Crippen molar-refractivity contribution in [2.24, 2.45) is 0 Å². The highest BCUT2D eigenvalue weighted by Gasteiger charge is 2.15. The van der Waals surface area contributed by atoms with Gasteiger partial charge in [-0.2, -0.15) is 0 Å². The van der Waals surface area contributed by atoms with Crippen LogP contribution < -0.4 is 5.32 Å². The van der Waals surface area contributed by atoms with E-state index in [-0.39, 0.29) is 6.04 Å². The van der Waals surface area contributed by atoms with Crippen LogP contribution in [-0.4, -0.2) is 26.2 Å². The second-order valence-electron chi connectivity index (χ2n) is 4.27. The van der Waals surface area contributed by atoms with Crippen molar-refractivity contribution in [1.82, 2.24) is 25.5 Å². The maximum absolute atomic E-state index is 4.07. The summed E-state index contributed by atoms with van der Waals surface area (Å²) in [6.07, 6.45) is 0. The fraction of sp³-hybridized carbons (Fsp3) is 0.545. The molecule has 2 aromatic heterocycles. The molecule has 2 heterocycles. The first-order valence-corrected chi connectivity index (χ1v) is 6.60. The predicted molar refractivity (Wildman–Crippen MR) is 67.9 cm³/mol. The standard InChI is InChI=1S/C11H17N5S/c1-8(2)12-7-11-13-14-15-16(11)9(3)10-5-4-6-17-10/h4-6,8-9,12H,7H2,1-3H3. The first-order valence-electron chi connectivity index (χ1n) is 5.72. The maximum atomic E-state index is 4.07. The molecule has 1 atom stereocenters. The molecule has 0 fully saturated rings. The zero-order valence-electron chi connectivity index (χ0n) is 10.3. The van der Waals surface area contributed by atoms with Crippen LogP contribution in [0.1, 0.15) is 37.5 Å². The van der Waals surface area contributed by atoms with Gasteiger partial charge in [0.25, 0.3) is 0 Å². The van der Waals surface area contributed by atoms with Crippen LogP contribution >= 0.6 is 11.3 Å². The van der Waals surface area contributed by atoms with Crippen LogP contribution in [0.15, 0.2) is 17.5 Å². The first kappa shape index (κ1) is 12.2. The van der Waals surface area contributed by atoms with Gasteiger partial charge in [0.1, 0.15) is 0 Å². The molecular formula is C11H17N5S. The quantitative estimate of drug-likeness (QED) is 0.881. The molecule has 5 nitrogen and oxygen atoms in total. The van der Waals surface area contributed by atoms with E-state index < -0.39 is 0 Å². The molecule has 0 saturated heterocycles. The van der Waals surface area contributed by atoms with E-state index in [9.17, 15) is 0 Å². The Kier molecular flexibility index (Phi) is 3.86. The molecule has 0 aliphatic heterocycles. The highest BCUT2D eigenvalue weighted by Crippen LogP contribution is 2.22. The third-order valence-electron chi connectivity index (χ3n) is 2.55. The Morgan fingerprint density at radius 1 is 1.41 bits per heavy atom. The van der Waals surface area contributed by atoms with Crippen LogP contribution in [0.4, 0.5) is 0 Å². The number of aromatic nitrogens is 4. The summed E-state index contributed by atoms with van der Waals surface area (Å²) in [6, 6.07) is 4.77. The van der Waals surface area contributed by atoms with E-state index in [2.05, 4.69) is 53.1 Å². The lowest BCUT2D eigenvalue weighted by Gasteiger charge is -2.13. The minimum atomic E-state index is 0.189. The zero-order valence-corrected chi connectivity index (χ0v) is 11.1. The van der Waals surface area contributed by atoms with Crippen molar-refractivity contribution < 1.29 is 0 Å². The molecule has 0 bridgehead atoms. The number of hydrogen-bond donors (Lipinski definition) is 1. The largest absolute Gasteiger partial charge is 0.308 e. The Balaban J connectivity index is 2.13. The molecule has 0 radical (unpaired) electrons. The Bertz CT molecular complexity index is 448. The van der Waals surface area contributed by atoms with Gasteiger partial charge >= 0.3 is 0 Å². The molecule has 0 saturated carbocycles. The molecule has 0 aromatic carbocycles. The van der Waals surface area contributed by atoms with Crippen LogP contribution in [0.25, 0.3) is 0 Å². The summed E-state index contributed by atoms with van der Waals surface area (Å²) in [4.78, 5) is 1.27. The molecule has 2 aromatic rings. The zero-order chi connectivity index (χ0) is 12.3. The average Bonchev–Trinajstić information content (AvgIpc) is 2.96. The van der Waals surface area contributed by atoms with Crippen molar-refractivity contribution in [3.05, 3.63) is 28.2 Å². The molecule has 1 unspecified atom stereocenters. The van der Waals surface area contributed by atoms with E-state index in [1.165, 1.54) is 4.88 Å². The van der Waals surface area contributed by atoms with Crippen LogP contribution in [0.2, 0.25) is 0 Å². The summed E-state index contributed by atoms with van der Waals surface area (Å²) < 4.78 is 1.88. The number of nitrogens with zero attached hydrogens (tertiary/aromatic N) is 4. The van der Waals surface area contributed by atoms with Gasteiger partial charge in [-0.05, 0) is 28.8 Å². The molecule has 1 N–H and O–H groups in total. The minimum Gasteiger partial charge on any atom is -0.308 e. The molecular weight excluding hydrogens is 234 g/mol. The first-order chi connectivity index (χ1) is 8.18. The van der Waals surface area contributed by atoms with Crippen molar-refractivity contribution in [3.8, 4) is 0 Å². The van der Waals surface area contributed by atoms with Crippen LogP contribution in [-0.2, 0) is 6.54 Å². The molecule has 0 aliphatic carbocycles. The lowest BCUT2D eigenvalue weighted by atomic mass is 10.3. The van der Waals surface area contributed by atoms with Crippen molar-refractivity contribution >= 4 is 11.3 Å². The van der Waals surface area contributed by atoms with Gasteiger partial charge < -0.3 is 5.32 Å². The fourth-order valence-corrected chi connectivity index (χ4v) is 2.34. The Morgan fingerprint density at radius 3 is 2.88 bits per heavy atom. The third-order valence-corrected chi connectivity index (χ3v) is 3.59. The smallest absolute Gasteiger partial charge is 0.165 e. The maximum Gasteiger partial charge on any atom is 0.165 e. The van der Waals surface area contributed by atoms with Gasteiger partial charge in [0.15, 0.2) is 5.82 Å². The lowest BCUT2D eigenvalue weighted by Crippen LogP contribution is -2.25. The summed E-state index contributed by atoms with van der Waals surface area (Å²) >= 11 is 1.73. The number of hydrogen-bond acceptors (Lipinski definition) is 5. The van der Waals surface area contributed by atoms with Gasteiger partial charge in [-0.25, -0.2) is 4.68 Å². The van der Waals surface area contributed by atoms with Crippen molar-refractivity contribution in [1.29, 1.82) is 0 Å². The fourth-order valence-electron chi connectivity index (χ4n) is 1.57. The molecule has 0 aliphatic rings. The van der Waals surface area contributed by atoms with Gasteiger partial charge in [0.05, 0.1) is 12.6 Å². The minimum absolute atomic E-state index is 0.189. The highest BCUT2D eigenvalue weighted by molar-refractivity contribution is 7.10.